The molecule has 2 rings (SSSR count). The van der Waals surface area contributed by atoms with Crippen molar-refractivity contribution in [3.05, 3.63) is 29.8 Å². The first-order valence-corrected chi connectivity index (χ1v) is 7.12. The summed E-state index contributed by atoms with van der Waals surface area (Å²) in [5.41, 5.74) is 0.803. The summed E-state index contributed by atoms with van der Waals surface area (Å²) in [5.74, 6) is 0.152. The maximum Gasteiger partial charge on any atom is 0.389 e. The standard InChI is InChI=1S/C15H19F3N2O2/c1-22-13-5-3-2-4-11(13)12-10-19-8-9-20(12)14(21)6-7-15(16,17)18/h2-5,12,19H,6-10H2,1H3. The van der Waals surface area contributed by atoms with Crippen molar-refractivity contribution in [2.75, 3.05) is 26.7 Å². The molecule has 1 aliphatic rings. The van der Waals surface area contributed by atoms with Crippen LogP contribution in [0, 0.1) is 0 Å². The Hall–Kier alpha value is -1.76. The average Bonchev–Trinajstić information content (AvgIpc) is 2.52. The van der Waals surface area contributed by atoms with Crippen LogP contribution in [-0.4, -0.2) is 43.7 Å². The third-order valence-corrected chi connectivity index (χ3v) is 3.68. The highest BCUT2D eigenvalue weighted by Crippen LogP contribution is 2.31. The number of carbonyl (C=O) groups excluding carboxylic acids is 1. The number of carbonyl (C=O) groups is 1. The molecule has 0 aliphatic carbocycles. The molecule has 1 atom stereocenters. The van der Waals surface area contributed by atoms with E-state index in [0.29, 0.717) is 25.4 Å². The van der Waals surface area contributed by atoms with Gasteiger partial charge in [-0.2, -0.15) is 13.2 Å². The van der Waals surface area contributed by atoms with Crippen LogP contribution in [-0.2, 0) is 4.79 Å². The second kappa shape index (κ2) is 7.00. The van der Waals surface area contributed by atoms with E-state index < -0.39 is 24.9 Å². The molecular weight excluding hydrogens is 297 g/mol. The molecule has 122 valence electrons. The van der Waals surface area contributed by atoms with E-state index in [1.807, 2.05) is 18.2 Å². The third-order valence-electron chi connectivity index (χ3n) is 3.68. The van der Waals surface area contributed by atoms with Crippen molar-refractivity contribution in [2.24, 2.45) is 0 Å². The van der Waals surface area contributed by atoms with E-state index in [9.17, 15) is 18.0 Å². The number of halogens is 3. The Morgan fingerprint density at radius 3 is 2.82 bits per heavy atom. The van der Waals surface area contributed by atoms with Gasteiger partial charge in [0.1, 0.15) is 5.75 Å². The van der Waals surface area contributed by atoms with Crippen molar-refractivity contribution in [2.45, 2.75) is 25.1 Å². The number of hydrogen-bond acceptors (Lipinski definition) is 3. The molecule has 4 nitrogen and oxygen atoms in total. The number of amides is 1. The first kappa shape index (κ1) is 16.6. The largest absolute Gasteiger partial charge is 0.496 e. The predicted molar refractivity (Wildman–Crippen MR) is 75.6 cm³/mol. The van der Waals surface area contributed by atoms with Gasteiger partial charge in [-0.15, -0.1) is 0 Å². The van der Waals surface area contributed by atoms with E-state index in [4.69, 9.17) is 4.74 Å². The quantitative estimate of drug-likeness (QED) is 0.928. The molecule has 1 fully saturated rings. The minimum Gasteiger partial charge on any atom is -0.496 e. The maximum atomic E-state index is 12.3. The molecule has 0 bridgehead atoms. The van der Waals surface area contributed by atoms with Crippen molar-refractivity contribution in [1.29, 1.82) is 0 Å². The van der Waals surface area contributed by atoms with E-state index in [-0.39, 0.29) is 6.04 Å². The van der Waals surface area contributed by atoms with Crippen LogP contribution in [0.2, 0.25) is 0 Å². The highest BCUT2D eigenvalue weighted by Gasteiger charge is 2.33. The van der Waals surface area contributed by atoms with Crippen LogP contribution in [0.3, 0.4) is 0 Å². The van der Waals surface area contributed by atoms with Gasteiger partial charge in [0.15, 0.2) is 0 Å². The Labute approximate surface area is 127 Å². The molecule has 1 aromatic rings. The fraction of sp³-hybridized carbons (Fsp3) is 0.533. The molecule has 7 heteroatoms. The van der Waals surface area contributed by atoms with Crippen LogP contribution < -0.4 is 10.1 Å². The van der Waals surface area contributed by atoms with E-state index >= 15 is 0 Å². The minimum absolute atomic E-state index is 0.314. The number of benzene rings is 1. The number of hydrogen-bond donors (Lipinski definition) is 1. The first-order chi connectivity index (χ1) is 10.4. The lowest BCUT2D eigenvalue weighted by atomic mass is 10.0. The van der Waals surface area contributed by atoms with Gasteiger partial charge in [0, 0.05) is 31.6 Å². The van der Waals surface area contributed by atoms with Crippen LogP contribution in [0.15, 0.2) is 24.3 Å². The zero-order valence-corrected chi connectivity index (χ0v) is 12.3. The smallest absolute Gasteiger partial charge is 0.389 e. The summed E-state index contributed by atoms with van der Waals surface area (Å²) in [5, 5.41) is 3.17. The van der Waals surface area contributed by atoms with E-state index in [1.165, 1.54) is 12.0 Å². The molecule has 1 saturated heterocycles. The lowest BCUT2D eigenvalue weighted by molar-refractivity contribution is -0.151. The summed E-state index contributed by atoms with van der Waals surface area (Å²) in [6, 6.07) is 6.94. The number of nitrogens with zero attached hydrogens (tertiary/aromatic N) is 1. The maximum absolute atomic E-state index is 12.3. The Morgan fingerprint density at radius 1 is 1.41 bits per heavy atom. The molecule has 1 amide bonds. The van der Waals surface area contributed by atoms with Gasteiger partial charge in [0.05, 0.1) is 19.6 Å². The van der Waals surface area contributed by atoms with Crippen molar-refractivity contribution in [3.63, 3.8) is 0 Å². The highest BCUT2D eigenvalue weighted by molar-refractivity contribution is 5.77. The van der Waals surface area contributed by atoms with Gasteiger partial charge < -0.3 is 15.0 Å². The van der Waals surface area contributed by atoms with Gasteiger partial charge in [-0.3, -0.25) is 4.79 Å². The molecule has 0 aromatic heterocycles. The minimum atomic E-state index is -4.32. The molecule has 1 aromatic carbocycles. The number of para-hydroxylation sites is 1. The second-order valence-electron chi connectivity index (χ2n) is 5.16. The molecule has 0 spiro atoms. The normalized spacial score (nSPS) is 19.1. The number of nitrogens with one attached hydrogen (secondary N) is 1. The number of rotatable bonds is 4. The second-order valence-corrected chi connectivity index (χ2v) is 5.16. The molecule has 1 heterocycles. The molecule has 1 N–H and O–H groups in total. The summed E-state index contributed by atoms with van der Waals surface area (Å²) in [6.07, 6.45) is -5.92. The lowest BCUT2D eigenvalue weighted by Crippen LogP contribution is -2.48. The number of alkyl halides is 3. The van der Waals surface area contributed by atoms with Gasteiger partial charge in [0.25, 0.3) is 0 Å². The van der Waals surface area contributed by atoms with Crippen LogP contribution in [0.5, 0.6) is 5.75 Å². The van der Waals surface area contributed by atoms with Gasteiger partial charge >= 0.3 is 6.18 Å². The van der Waals surface area contributed by atoms with Gasteiger partial charge in [-0.1, -0.05) is 18.2 Å². The number of ether oxygens (including phenoxy) is 1. The van der Waals surface area contributed by atoms with Crippen molar-refractivity contribution in [3.8, 4) is 5.75 Å². The molecular formula is C15H19F3N2O2. The van der Waals surface area contributed by atoms with Crippen LogP contribution >= 0.6 is 0 Å². The number of methoxy groups -OCH3 is 1. The van der Waals surface area contributed by atoms with E-state index in [0.717, 1.165) is 5.56 Å². The summed E-state index contributed by atoms with van der Waals surface area (Å²) in [7, 11) is 1.53. The molecule has 1 unspecified atom stereocenters. The summed E-state index contributed by atoms with van der Waals surface area (Å²) in [4.78, 5) is 13.7. The van der Waals surface area contributed by atoms with Crippen molar-refractivity contribution in [1.82, 2.24) is 10.2 Å². The Balaban J connectivity index is 2.16. The number of piperazine rings is 1. The van der Waals surface area contributed by atoms with Crippen molar-refractivity contribution < 1.29 is 22.7 Å². The molecule has 1 aliphatic heterocycles. The van der Waals surface area contributed by atoms with Gasteiger partial charge in [-0.05, 0) is 6.07 Å². The van der Waals surface area contributed by atoms with E-state index in [2.05, 4.69) is 5.32 Å². The van der Waals surface area contributed by atoms with Crippen molar-refractivity contribution >= 4 is 5.91 Å². The van der Waals surface area contributed by atoms with Crippen LogP contribution in [0.4, 0.5) is 13.2 Å². The van der Waals surface area contributed by atoms with Crippen LogP contribution in [0.1, 0.15) is 24.4 Å². The lowest BCUT2D eigenvalue weighted by Gasteiger charge is -2.37. The summed E-state index contributed by atoms with van der Waals surface area (Å²) >= 11 is 0. The van der Waals surface area contributed by atoms with Gasteiger partial charge in [-0.25, -0.2) is 0 Å². The Bertz CT molecular complexity index is 520. The highest BCUT2D eigenvalue weighted by atomic mass is 19.4. The fourth-order valence-electron chi connectivity index (χ4n) is 2.61. The molecule has 0 saturated carbocycles. The first-order valence-electron chi connectivity index (χ1n) is 7.12. The van der Waals surface area contributed by atoms with Crippen LogP contribution in [0.25, 0.3) is 0 Å². The molecule has 0 radical (unpaired) electrons. The van der Waals surface area contributed by atoms with E-state index in [1.54, 1.807) is 6.07 Å². The average molecular weight is 316 g/mol. The topological polar surface area (TPSA) is 41.6 Å². The SMILES string of the molecule is COc1ccccc1C1CNCCN1C(=O)CCC(F)(F)F. The third kappa shape index (κ3) is 4.13. The predicted octanol–water partition coefficient (Wildman–Crippen LogP) is 2.51. The summed E-state index contributed by atoms with van der Waals surface area (Å²) < 4.78 is 42.3. The zero-order valence-electron chi connectivity index (χ0n) is 12.3. The fourth-order valence-corrected chi connectivity index (χ4v) is 2.61. The Morgan fingerprint density at radius 2 is 2.14 bits per heavy atom. The Kier molecular flexibility index (Phi) is 5.28. The zero-order chi connectivity index (χ0) is 16.2. The monoisotopic (exact) mass is 316 g/mol. The molecule has 22 heavy (non-hydrogen) atoms. The van der Waals surface area contributed by atoms with Gasteiger partial charge in [0.2, 0.25) is 5.91 Å². The summed E-state index contributed by atoms with van der Waals surface area (Å²) in [6.45, 7) is 1.46.